The van der Waals surface area contributed by atoms with Gasteiger partial charge in [-0.3, -0.25) is 0 Å². The summed E-state index contributed by atoms with van der Waals surface area (Å²) in [5, 5.41) is 3.97. The Morgan fingerprint density at radius 1 is 1.04 bits per heavy atom. The van der Waals surface area contributed by atoms with E-state index in [0.717, 1.165) is 31.9 Å². The van der Waals surface area contributed by atoms with Crippen molar-refractivity contribution in [1.82, 2.24) is 4.90 Å². The van der Waals surface area contributed by atoms with Gasteiger partial charge in [-0.15, -0.1) is 0 Å². The maximum absolute atomic E-state index is 11.5. The third kappa shape index (κ3) is 4.57. The monoisotopic (exact) mass is 383 g/mol. The van der Waals surface area contributed by atoms with Gasteiger partial charge in [0.2, 0.25) is 0 Å². The van der Waals surface area contributed by atoms with E-state index < -0.39 is 0 Å². The lowest BCUT2D eigenvalue weighted by atomic mass is 10.1. The lowest BCUT2D eigenvalue weighted by Gasteiger charge is -2.38. The highest BCUT2D eigenvalue weighted by Gasteiger charge is 2.20. The van der Waals surface area contributed by atoms with Gasteiger partial charge in [-0.25, -0.2) is 4.79 Å². The number of aryl methyl sites for hydroxylation is 2. The van der Waals surface area contributed by atoms with Crippen LogP contribution < -0.4 is 10.2 Å². The van der Waals surface area contributed by atoms with E-state index in [1.165, 1.54) is 23.9 Å². The first-order valence-corrected chi connectivity index (χ1v) is 9.45. The molecule has 27 heavy (non-hydrogen) atoms. The molecule has 0 radical (unpaired) electrons. The van der Waals surface area contributed by atoms with Crippen molar-refractivity contribution in [3.05, 3.63) is 59.2 Å². The first kappa shape index (κ1) is 19.2. The number of hydrogen-bond donors (Lipinski definition) is 1. The quantitative estimate of drug-likeness (QED) is 0.645. The van der Waals surface area contributed by atoms with E-state index in [9.17, 15) is 4.79 Å². The van der Waals surface area contributed by atoms with Crippen molar-refractivity contribution in [3.63, 3.8) is 0 Å². The average molecular weight is 384 g/mol. The Kier molecular flexibility index (Phi) is 5.96. The lowest BCUT2D eigenvalue weighted by molar-refractivity contribution is 0.0601. The van der Waals surface area contributed by atoms with Crippen molar-refractivity contribution in [2.75, 3.05) is 43.5 Å². The van der Waals surface area contributed by atoms with Crippen LogP contribution in [0.1, 0.15) is 21.5 Å². The zero-order valence-electron chi connectivity index (χ0n) is 16.0. The van der Waals surface area contributed by atoms with E-state index in [2.05, 4.69) is 47.2 Å². The predicted octanol–water partition coefficient (Wildman–Crippen LogP) is 3.61. The smallest absolute Gasteiger partial charge is 0.337 e. The molecule has 0 aromatic heterocycles. The summed E-state index contributed by atoms with van der Waals surface area (Å²) in [6, 6.07) is 13.7. The van der Waals surface area contributed by atoms with E-state index >= 15 is 0 Å². The van der Waals surface area contributed by atoms with Gasteiger partial charge in [0.15, 0.2) is 5.11 Å². The molecule has 6 heteroatoms. The van der Waals surface area contributed by atoms with E-state index in [1.807, 2.05) is 12.1 Å². The number of carbonyl (C=O) groups excluding carboxylic acids is 1. The molecule has 0 aliphatic carbocycles. The van der Waals surface area contributed by atoms with Crippen LogP contribution in [-0.4, -0.2) is 49.3 Å². The number of piperazine rings is 1. The normalized spacial score (nSPS) is 14.0. The van der Waals surface area contributed by atoms with E-state index in [4.69, 9.17) is 17.0 Å². The zero-order valence-corrected chi connectivity index (χ0v) is 16.8. The maximum Gasteiger partial charge on any atom is 0.337 e. The molecule has 0 atom stereocenters. The van der Waals surface area contributed by atoms with Crippen LogP contribution >= 0.6 is 12.2 Å². The summed E-state index contributed by atoms with van der Waals surface area (Å²) in [6.45, 7) is 7.91. The number of benzene rings is 2. The lowest BCUT2D eigenvalue weighted by Crippen LogP contribution is -2.50. The van der Waals surface area contributed by atoms with E-state index in [0.29, 0.717) is 10.7 Å². The molecule has 1 aliphatic rings. The second-order valence-corrected chi connectivity index (χ2v) is 7.15. The number of esters is 1. The summed E-state index contributed by atoms with van der Waals surface area (Å²) in [4.78, 5) is 16.1. The Bertz CT molecular complexity index is 828. The molecule has 1 saturated heterocycles. The van der Waals surface area contributed by atoms with Gasteiger partial charge < -0.3 is 19.9 Å². The first-order valence-electron chi connectivity index (χ1n) is 9.04. The standard InChI is InChI=1S/C21H25N3O2S/c1-15-4-5-16(2)19(14-15)23-10-12-24(13-11-23)21(27)22-18-8-6-17(7-9-18)20(25)26-3/h4-9,14H,10-13H2,1-3H3,(H,22,27). The van der Waals surface area contributed by atoms with Gasteiger partial charge in [-0.05, 0) is 67.5 Å². The highest BCUT2D eigenvalue weighted by atomic mass is 32.1. The number of thiocarbonyl (C=S) groups is 1. The summed E-state index contributed by atoms with van der Waals surface area (Å²) >= 11 is 5.57. The van der Waals surface area contributed by atoms with Gasteiger partial charge in [0, 0.05) is 37.6 Å². The SMILES string of the molecule is COC(=O)c1ccc(NC(=S)N2CCN(c3cc(C)ccc3C)CC2)cc1. The Hall–Kier alpha value is -2.60. The number of hydrogen-bond acceptors (Lipinski definition) is 4. The van der Waals surface area contributed by atoms with E-state index in [1.54, 1.807) is 12.1 Å². The Labute approximate surface area is 165 Å². The summed E-state index contributed by atoms with van der Waals surface area (Å²) in [5.74, 6) is -0.341. The van der Waals surface area contributed by atoms with Crippen molar-refractivity contribution in [3.8, 4) is 0 Å². The molecule has 3 rings (SSSR count). The fourth-order valence-electron chi connectivity index (χ4n) is 3.22. The number of carbonyl (C=O) groups is 1. The summed E-state index contributed by atoms with van der Waals surface area (Å²) in [5.41, 5.74) is 5.29. The zero-order chi connectivity index (χ0) is 19.4. The van der Waals surface area contributed by atoms with Gasteiger partial charge >= 0.3 is 5.97 Å². The third-order valence-electron chi connectivity index (χ3n) is 4.83. The highest BCUT2D eigenvalue weighted by molar-refractivity contribution is 7.80. The molecule has 1 N–H and O–H groups in total. The van der Waals surface area contributed by atoms with Crippen molar-refractivity contribution in [2.24, 2.45) is 0 Å². The number of methoxy groups -OCH3 is 1. The summed E-state index contributed by atoms with van der Waals surface area (Å²) < 4.78 is 4.72. The molecular weight excluding hydrogens is 358 g/mol. The molecule has 5 nitrogen and oxygen atoms in total. The van der Waals surface area contributed by atoms with Crippen molar-refractivity contribution in [1.29, 1.82) is 0 Å². The van der Waals surface area contributed by atoms with Gasteiger partial charge in [-0.1, -0.05) is 12.1 Å². The highest BCUT2D eigenvalue weighted by Crippen LogP contribution is 2.23. The molecule has 0 saturated carbocycles. The molecular formula is C21H25N3O2S. The second kappa shape index (κ2) is 8.39. The van der Waals surface area contributed by atoms with Crippen LogP contribution in [0.5, 0.6) is 0 Å². The van der Waals surface area contributed by atoms with Crippen molar-refractivity contribution >= 4 is 34.7 Å². The number of ether oxygens (including phenoxy) is 1. The Morgan fingerprint density at radius 3 is 2.33 bits per heavy atom. The molecule has 0 bridgehead atoms. The number of nitrogens with one attached hydrogen (secondary N) is 1. The number of rotatable bonds is 3. The number of nitrogens with zero attached hydrogens (tertiary/aromatic N) is 2. The second-order valence-electron chi connectivity index (χ2n) is 6.76. The van der Waals surface area contributed by atoms with Crippen LogP contribution in [-0.2, 0) is 4.74 Å². The van der Waals surface area contributed by atoms with E-state index in [-0.39, 0.29) is 5.97 Å². The molecule has 1 fully saturated rings. The van der Waals surface area contributed by atoms with Crippen LogP contribution in [0.4, 0.5) is 11.4 Å². The van der Waals surface area contributed by atoms with Crippen molar-refractivity contribution < 1.29 is 9.53 Å². The molecule has 0 unspecified atom stereocenters. The minimum atomic E-state index is -0.341. The van der Waals surface area contributed by atoms with Crippen molar-refractivity contribution in [2.45, 2.75) is 13.8 Å². The molecule has 142 valence electrons. The van der Waals surface area contributed by atoms with Crippen LogP contribution in [0.2, 0.25) is 0 Å². The van der Waals surface area contributed by atoms with Crippen LogP contribution in [0.3, 0.4) is 0 Å². The minimum Gasteiger partial charge on any atom is -0.465 e. The molecule has 0 amide bonds. The minimum absolute atomic E-state index is 0.341. The van der Waals surface area contributed by atoms with Gasteiger partial charge in [-0.2, -0.15) is 0 Å². The first-order chi connectivity index (χ1) is 13.0. The topological polar surface area (TPSA) is 44.8 Å². The summed E-state index contributed by atoms with van der Waals surface area (Å²) in [7, 11) is 1.38. The molecule has 1 heterocycles. The van der Waals surface area contributed by atoms with Gasteiger partial charge in [0.25, 0.3) is 0 Å². The molecule has 1 aliphatic heterocycles. The van der Waals surface area contributed by atoms with Gasteiger partial charge in [0.1, 0.15) is 0 Å². The van der Waals surface area contributed by atoms with Crippen LogP contribution in [0, 0.1) is 13.8 Å². The average Bonchev–Trinajstić information content (AvgIpc) is 2.70. The molecule has 2 aromatic carbocycles. The number of anilines is 2. The third-order valence-corrected chi connectivity index (χ3v) is 5.19. The summed E-state index contributed by atoms with van der Waals surface area (Å²) in [6.07, 6.45) is 0. The Balaban J connectivity index is 1.57. The maximum atomic E-state index is 11.5. The van der Waals surface area contributed by atoms with Gasteiger partial charge in [0.05, 0.1) is 12.7 Å². The predicted molar refractivity (Wildman–Crippen MR) is 114 cm³/mol. The van der Waals surface area contributed by atoms with Crippen LogP contribution in [0.25, 0.3) is 0 Å². The van der Waals surface area contributed by atoms with Crippen LogP contribution in [0.15, 0.2) is 42.5 Å². The molecule has 2 aromatic rings. The fraction of sp³-hybridized carbons (Fsp3) is 0.333. The largest absolute Gasteiger partial charge is 0.465 e. The Morgan fingerprint density at radius 2 is 1.70 bits per heavy atom. The molecule has 0 spiro atoms. The fourth-order valence-corrected chi connectivity index (χ4v) is 3.52.